The van der Waals surface area contributed by atoms with Crippen molar-refractivity contribution in [3.8, 4) is 11.5 Å². The van der Waals surface area contributed by atoms with Gasteiger partial charge in [0.2, 0.25) is 11.0 Å². The summed E-state index contributed by atoms with van der Waals surface area (Å²) in [6.45, 7) is 5.00. The number of hydrogen-bond donors (Lipinski definition) is 1. The molecule has 1 amide bonds. The molecule has 158 valence electrons. The van der Waals surface area contributed by atoms with E-state index >= 15 is 0 Å². The van der Waals surface area contributed by atoms with Gasteiger partial charge in [-0.25, -0.2) is 0 Å². The summed E-state index contributed by atoms with van der Waals surface area (Å²) < 4.78 is 11.2. The largest absolute Gasteiger partial charge is 0.493 e. The van der Waals surface area contributed by atoms with E-state index in [1.807, 2.05) is 18.2 Å². The SMILES string of the molecule is CCCCCCOc1ccc(/C=C/C(=O)Nc2nnc(CCCC)s2)cc1OC. The van der Waals surface area contributed by atoms with E-state index in [0.717, 1.165) is 42.0 Å². The number of amides is 1. The molecule has 6 nitrogen and oxygen atoms in total. The van der Waals surface area contributed by atoms with Crippen LogP contribution >= 0.6 is 11.3 Å². The lowest BCUT2D eigenvalue weighted by atomic mass is 10.2. The third-order valence-electron chi connectivity index (χ3n) is 4.31. The van der Waals surface area contributed by atoms with Crippen molar-refractivity contribution in [2.45, 2.75) is 58.8 Å². The minimum atomic E-state index is -0.238. The standard InChI is InChI=1S/C22H31N3O3S/c1-4-6-8-9-15-28-18-13-11-17(16-19(18)27-3)12-14-20(26)23-22-25-24-21(29-22)10-7-5-2/h11-14,16H,4-10,15H2,1-3H3,(H,23,25,26)/b14-12+. The van der Waals surface area contributed by atoms with Crippen molar-refractivity contribution < 1.29 is 14.3 Å². The zero-order chi connectivity index (χ0) is 20.9. The Morgan fingerprint density at radius 3 is 2.69 bits per heavy atom. The van der Waals surface area contributed by atoms with E-state index in [1.165, 1.54) is 36.7 Å². The fourth-order valence-electron chi connectivity index (χ4n) is 2.67. The fraction of sp³-hybridized carbons (Fsp3) is 0.500. The summed E-state index contributed by atoms with van der Waals surface area (Å²) in [7, 11) is 1.62. The lowest BCUT2D eigenvalue weighted by molar-refractivity contribution is -0.111. The first kappa shape index (κ1) is 22.9. The number of nitrogens with zero attached hydrogens (tertiary/aromatic N) is 2. The second-order valence-electron chi connectivity index (χ2n) is 6.75. The highest BCUT2D eigenvalue weighted by Crippen LogP contribution is 2.29. The molecule has 0 unspecified atom stereocenters. The molecule has 0 saturated carbocycles. The van der Waals surface area contributed by atoms with E-state index < -0.39 is 0 Å². The van der Waals surface area contributed by atoms with Gasteiger partial charge in [-0.1, -0.05) is 56.9 Å². The highest BCUT2D eigenvalue weighted by Gasteiger charge is 2.07. The Labute approximate surface area is 177 Å². The van der Waals surface area contributed by atoms with Crippen LogP contribution < -0.4 is 14.8 Å². The molecule has 1 N–H and O–H groups in total. The van der Waals surface area contributed by atoms with Crippen molar-refractivity contribution in [3.05, 3.63) is 34.8 Å². The Morgan fingerprint density at radius 1 is 1.10 bits per heavy atom. The van der Waals surface area contributed by atoms with Crippen LogP contribution in [-0.2, 0) is 11.2 Å². The number of anilines is 1. The summed E-state index contributed by atoms with van der Waals surface area (Å²) in [5.41, 5.74) is 0.858. The first-order chi connectivity index (χ1) is 14.2. The number of carbonyl (C=O) groups excluding carboxylic acids is 1. The molecule has 0 aliphatic rings. The quantitative estimate of drug-likeness (QED) is 0.344. The van der Waals surface area contributed by atoms with Crippen molar-refractivity contribution in [1.29, 1.82) is 0 Å². The smallest absolute Gasteiger partial charge is 0.250 e. The third kappa shape index (κ3) is 8.23. The van der Waals surface area contributed by atoms with E-state index in [4.69, 9.17) is 9.47 Å². The lowest BCUT2D eigenvalue weighted by Crippen LogP contribution is -2.07. The second kappa shape index (κ2) is 12.9. The average Bonchev–Trinajstić information content (AvgIpc) is 3.18. The lowest BCUT2D eigenvalue weighted by Gasteiger charge is -2.11. The molecule has 1 aromatic heterocycles. The number of nitrogens with one attached hydrogen (secondary N) is 1. The minimum absolute atomic E-state index is 0.238. The van der Waals surface area contributed by atoms with Gasteiger partial charge in [0, 0.05) is 12.5 Å². The number of carbonyl (C=O) groups is 1. The van der Waals surface area contributed by atoms with Crippen LogP contribution in [0.25, 0.3) is 6.08 Å². The van der Waals surface area contributed by atoms with E-state index in [2.05, 4.69) is 29.4 Å². The zero-order valence-electron chi connectivity index (χ0n) is 17.6. The number of ether oxygens (including phenoxy) is 2. The van der Waals surface area contributed by atoms with Gasteiger partial charge in [0.1, 0.15) is 5.01 Å². The van der Waals surface area contributed by atoms with E-state index in [-0.39, 0.29) is 5.91 Å². The summed E-state index contributed by atoms with van der Waals surface area (Å²) in [6, 6.07) is 5.64. The predicted molar refractivity (Wildman–Crippen MR) is 119 cm³/mol. The van der Waals surface area contributed by atoms with Crippen LogP contribution in [0.5, 0.6) is 11.5 Å². The summed E-state index contributed by atoms with van der Waals surface area (Å²) in [5.74, 6) is 1.14. The van der Waals surface area contributed by atoms with Gasteiger partial charge in [-0.15, -0.1) is 10.2 Å². The minimum Gasteiger partial charge on any atom is -0.493 e. The van der Waals surface area contributed by atoms with Gasteiger partial charge in [0.15, 0.2) is 11.5 Å². The Balaban J connectivity index is 1.88. The van der Waals surface area contributed by atoms with Crippen LogP contribution in [0.3, 0.4) is 0 Å². The molecule has 7 heteroatoms. The van der Waals surface area contributed by atoms with Crippen molar-refractivity contribution in [1.82, 2.24) is 10.2 Å². The number of unbranched alkanes of at least 4 members (excludes halogenated alkanes) is 4. The van der Waals surface area contributed by atoms with Crippen molar-refractivity contribution >= 4 is 28.5 Å². The average molecular weight is 418 g/mol. The Morgan fingerprint density at radius 2 is 1.93 bits per heavy atom. The van der Waals surface area contributed by atoms with Gasteiger partial charge in [0.25, 0.3) is 0 Å². The maximum atomic E-state index is 12.1. The number of rotatable bonds is 13. The molecule has 0 atom stereocenters. The molecule has 0 radical (unpaired) electrons. The second-order valence-corrected chi connectivity index (χ2v) is 7.81. The summed E-state index contributed by atoms with van der Waals surface area (Å²) in [5, 5.41) is 12.3. The van der Waals surface area contributed by atoms with Crippen molar-refractivity contribution in [2.75, 3.05) is 19.0 Å². The molecule has 0 aliphatic carbocycles. The first-order valence-corrected chi connectivity index (χ1v) is 11.1. The van der Waals surface area contributed by atoms with E-state index in [0.29, 0.717) is 17.5 Å². The number of aryl methyl sites for hydroxylation is 1. The number of hydrogen-bond acceptors (Lipinski definition) is 6. The van der Waals surface area contributed by atoms with Crippen LogP contribution in [-0.4, -0.2) is 29.8 Å². The van der Waals surface area contributed by atoms with Gasteiger partial charge in [-0.05, 0) is 36.6 Å². The summed E-state index contributed by atoms with van der Waals surface area (Å²) in [4.78, 5) is 12.1. The molecule has 29 heavy (non-hydrogen) atoms. The molecule has 2 aromatic rings. The van der Waals surface area contributed by atoms with Crippen LogP contribution in [0.2, 0.25) is 0 Å². The van der Waals surface area contributed by atoms with Gasteiger partial charge in [0.05, 0.1) is 13.7 Å². The third-order valence-corrected chi connectivity index (χ3v) is 5.21. The van der Waals surface area contributed by atoms with Crippen molar-refractivity contribution in [2.24, 2.45) is 0 Å². The number of aromatic nitrogens is 2. The number of methoxy groups -OCH3 is 1. The molecular formula is C22H31N3O3S. The normalized spacial score (nSPS) is 11.0. The zero-order valence-corrected chi connectivity index (χ0v) is 18.4. The molecule has 0 fully saturated rings. The Hall–Kier alpha value is -2.41. The number of benzene rings is 1. The van der Waals surface area contributed by atoms with Gasteiger partial charge >= 0.3 is 0 Å². The highest BCUT2D eigenvalue weighted by molar-refractivity contribution is 7.15. The first-order valence-electron chi connectivity index (χ1n) is 10.3. The van der Waals surface area contributed by atoms with Crippen LogP contribution in [0.4, 0.5) is 5.13 Å². The Bertz CT molecular complexity index is 789. The molecule has 0 bridgehead atoms. The topological polar surface area (TPSA) is 73.3 Å². The molecular weight excluding hydrogens is 386 g/mol. The molecule has 1 heterocycles. The van der Waals surface area contributed by atoms with Gasteiger partial charge < -0.3 is 9.47 Å². The van der Waals surface area contributed by atoms with Crippen LogP contribution in [0, 0.1) is 0 Å². The fourth-order valence-corrected chi connectivity index (χ4v) is 3.45. The maximum Gasteiger partial charge on any atom is 0.250 e. The van der Waals surface area contributed by atoms with Gasteiger partial charge in [-0.3, -0.25) is 10.1 Å². The molecule has 1 aromatic carbocycles. The summed E-state index contributed by atoms with van der Waals surface area (Å²) in [6.07, 6.45) is 10.9. The van der Waals surface area contributed by atoms with Crippen LogP contribution in [0.15, 0.2) is 24.3 Å². The molecule has 0 aliphatic heterocycles. The van der Waals surface area contributed by atoms with E-state index in [1.54, 1.807) is 13.2 Å². The van der Waals surface area contributed by atoms with E-state index in [9.17, 15) is 4.79 Å². The highest BCUT2D eigenvalue weighted by atomic mass is 32.1. The monoisotopic (exact) mass is 417 g/mol. The molecule has 2 rings (SSSR count). The summed E-state index contributed by atoms with van der Waals surface area (Å²) >= 11 is 1.42. The maximum absolute atomic E-state index is 12.1. The van der Waals surface area contributed by atoms with Crippen molar-refractivity contribution in [3.63, 3.8) is 0 Å². The van der Waals surface area contributed by atoms with Crippen LogP contribution in [0.1, 0.15) is 62.9 Å². The predicted octanol–water partition coefficient (Wildman–Crippen LogP) is 5.50. The molecule has 0 spiro atoms. The molecule has 0 saturated heterocycles. The van der Waals surface area contributed by atoms with Gasteiger partial charge in [-0.2, -0.15) is 0 Å². The Kier molecular flexibility index (Phi) is 10.2.